The number of sulfonamides is 1. The van der Waals surface area contributed by atoms with Crippen LogP contribution < -0.4 is 0 Å². The first-order valence-corrected chi connectivity index (χ1v) is 7.47. The summed E-state index contributed by atoms with van der Waals surface area (Å²) < 4.78 is 32.2. The van der Waals surface area contributed by atoms with Crippen molar-refractivity contribution in [3.63, 3.8) is 0 Å². The van der Waals surface area contributed by atoms with Gasteiger partial charge in [-0.2, -0.15) is 9.40 Å². The maximum absolute atomic E-state index is 12.4. The van der Waals surface area contributed by atoms with E-state index in [4.69, 9.17) is 0 Å². The molecule has 1 aromatic heterocycles. The molecule has 8 heteroatoms. The molecule has 1 atom stereocenters. The maximum atomic E-state index is 12.4. The van der Waals surface area contributed by atoms with Gasteiger partial charge in [0.05, 0.1) is 19.2 Å². The van der Waals surface area contributed by atoms with E-state index in [9.17, 15) is 13.2 Å². The molecule has 2 heterocycles. The lowest BCUT2D eigenvalue weighted by atomic mass is 10.0. The summed E-state index contributed by atoms with van der Waals surface area (Å²) in [6, 6.07) is 1.46. The third kappa shape index (κ3) is 2.64. The highest BCUT2D eigenvalue weighted by atomic mass is 32.2. The van der Waals surface area contributed by atoms with Crippen LogP contribution in [-0.4, -0.2) is 48.7 Å². The molecule has 1 aromatic rings. The fourth-order valence-electron chi connectivity index (χ4n) is 2.27. The monoisotopic (exact) mass is 287 g/mol. The van der Waals surface area contributed by atoms with Crippen molar-refractivity contribution in [1.82, 2.24) is 14.1 Å². The molecule has 1 aliphatic heterocycles. The predicted molar refractivity (Wildman–Crippen MR) is 66.7 cm³/mol. The second-order valence-corrected chi connectivity index (χ2v) is 6.40. The lowest BCUT2D eigenvalue weighted by Gasteiger charge is -2.30. The maximum Gasteiger partial charge on any atom is 0.309 e. The molecule has 106 valence electrons. The topological polar surface area (TPSA) is 81.5 Å². The SMILES string of the molecule is COC(=O)[C@H]1CCCN(S(=O)(=O)c2ccnn2C)C1. The van der Waals surface area contributed by atoms with Gasteiger partial charge in [0.15, 0.2) is 5.03 Å². The lowest BCUT2D eigenvalue weighted by Crippen LogP contribution is -2.43. The van der Waals surface area contributed by atoms with Gasteiger partial charge < -0.3 is 4.74 Å². The van der Waals surface area contributed by atoms with Crippen LogP contribution in [0, 0.1) is 5.92 Å². The largest absolute Gasteiger partial charge is 0.469 e. The molecule has 0 saturated carbocycles. The standard InChI is InChI=1S/C11H17N3O4S/c1-13-10(5-6-12-13)19(16,17)14-7-3-4-9(8-14)11(15)18-2/h5-6,9H,3-4,7-8H2,1-2H3/t9-/m0/s1. The summed E-state index contributed by atoms with van der Waals surface area (Å²) in [4.78, 5) is 11.5. The number of methoxy groups -OCH3 is 1. The smallest absolute Gasteiger partial charge is 0.309 e. The van der Waals surface area contributed by atoms with Crippen molar-refractivity contribution in [3.8, 4) is 0 Å². The molecular formula is C11H17N3O4S. The molecular weight excluding hydrogens is 270 g/mol. The van der Waals surface area contributed by atoms with Crippen LogP contribution in [0.3, 0.4) is 0 Å². The van der Waals surface area contributed by atoms with Crippen molar-refractivity contribution in [2.24, 2.45) is 13.0 Å². The predicted octanol–water partition coefficient (Wildman–Crippen LogP) is -0.00620. The first kappa shape index (κ1) is 14.0. The van der Waals surface area contributed by atoms with E-state index in [2.05, 4.69) is 9.84 Å². The van der Waals surface area contributed by atoms with E-state index in [1.807, 2.05) is 0 Å². The Balaban J connectivity index is 2.22. The number of aryl methyl sites for hydroxylation is 1. The summed E-state index contributed by atoms with van der Waals surface area (Å²) in [5.41, 5.74) is 0. The van der Waals surface area contributed by atoms with Gasteiger partial charge in [-0.1, -0.05) is 0 Å². The molecule has 0 aliphatic carbocycles. The minimum absolute atomic E-state index is 0.137. The summed E-state index contributed by atoms with van der Waals surface area (Å²) in [6.45, 7) is 0.585. The van der Waals surface area contributed by atoms with Crippen LogP contribution in [0.15, 0.2) is 17.3 Å². The highest BCUT2D eigenvalue weighted by Gasteiger charge is 2.34. The van der Waals surface area contributed by atoms with Crippen LogP contribution in [-0.2, 0) is 26.6 Å². The van der Waals surface area contributed by atoms with E-state index < -0.39 is 10.0 Å². The zero-order chi connectivity index (χ0) is 14.0. The molecule has 2 rings (SSSR count). The van der Waals surface area contributed by atoms with Crippen LogP contribution in [0.5, 0.6) is 0 Å². The zero-order valence-electron chi connectivity index (χ0n) is 10.9. The van der Waals surface area contributed by atoms with Crippen LogP contribution in [0.4, 0.5) is 0 Å². The molecule has 0 spiro atoms. The van der Waals surface area contributed by atoms with Gasteiger partial charge in [-0.25, -0.2) is 8.42 Å². The molecule has 0 N–H and O–H groups in total. The van der Waals surface area contributed by atoms with Gasteiger partial charge in [0.25, 0.3) is 10.0 Å². The number of piperidine rings is 1. The summed E-state index contributed by atoms with van der Waals surface area (Å²) in [7, 11) is -0.704. The number of aromatic nitrogens is 2. The van der Waals surface area contributed by atoms with Gasteiger partial charge in [0.1, 0.15) is 0 Å². The van der Waals surface area contributed by atoms with E-state index >= 15 is 0 Å². The van der Waals surface area contributed by atoms with E-state index in [-0.39, 0.29) is 23.5 Å². The number of carbonyl (C=O) groups is 1. The summed E-state index contributed by atoms with van der Waals surface area (Å²) in [6.07, 6.45) is 2.75. The summed E-state index contributed by atoms with van der Waals surface area (Å²) >= 11 is 0. The normalized spacial score (nSPS) is 21.3. The average Bonchev–Trinajstić information content (AvgIpc) is 2.85. The van der Waals surface area contributed by atoms with Crippen molar-refractivity contribution in [3.05, 3.63) is 12.3 Å². The quantitative estimate of drug-likeness (QED) is 0.731. The molecule has 1 fully saturated rings. The molecule has 0 amide bonds. The van der Waals surface area contributed by atoms with E-state index in [1.165, 1.54) is 28.4 Å². The molecule has 1 aliphatic rings. The Morgan fingerprint density at radius 1 is 1.53 bits per heavy atom. The van der Waals surface area contributed by atoms with Crippen LogP contribution >= 0.6 is 0 Å². The Labute approximate surface area is 112 Å². The van der Waals surface area contributed by atoms with Crippen molar-refractivity contribution in [1.29, 1.82) is 0 Å². The molecule has 0 unspecified atom stereocenters. The van der Waals surface area contributed by atoms with Crippen molar-refractivity contribution in [2.45, 2.75) is 17.9 Å². The number of hydrogen-bond acceptors (Lipinski definition) is 5. The molecule has 19 heavy (non-hydrogen) atoms. The Hall–Kier alpha value is -1.41. The van der Waals surface area contributed by atoms with E-state index in [0.29, 0.717) is 19.4 Å². The minimum atomic E-state index is -3.60. The third-order valence-electron chi connectivity index (χ3n) is 3.30. The third-order valence-corrected chi connectivity index (χ3v) is 5.24. The number of nitrogens with zero attached hydrogens (tertiary/aromatic N) is 3. The van der Waals surface area contributed by atoms with Crippen LogP contribution in [0.1, 0.15) is 12.8 Å². The Morgan fingerprint density at radius 2 is 2.26 bits per heavy atom. The fraction of sp³-hybridized carbons (Fsp3) is 0.636. The van der Waals surface area contributed by atoms with Gasteiger partial charge in [-0.3, -0.25) is 9.48 Å². The summed E-state index contributed by atoms with van der Waals surface area (Å²) in [5.74, 6) is -0.744. The Morgan fingerprint density at radius 3 is 2.84 bits per heavy atom. The van der Waals surface area contributed by atoms with Crippen molar-refractivity contribution >= 4 is 16.0 Å². The molecule has 0 bridgehead atoms. The van der Waals surface area contributed by atoms with Gasteiger partial charge in [0.2, 0.25) is 0 Å². The average molecular weight is 287 g/mol. The first-order valence-electron chi connectivity index (χ1n) is 6.03. The Bertz CT molecular complexity index is 566. The van der Waals surface area contributed by atoms with Crippen LogP contribution in [0.2, 0.25) is 0 Å². The number of hydrogen-bond donors (Lipinski definition) is 0. The summed E-state index contributed by atoms with van der Waals surface area (Å²) in [5, 5.41) is 4.00. The van der Waals surface area contributed by atoms with Gasteiger partial charge in [0, 0.05) is 20.1 Å². The fourth-order valence-corrected chi connectivity index (χ4v) is 3.89. The lowest BCUT2D eigenvalue weighted by molar-refractivity contribution is -0.146. The number of rotatable bonds is 3. The van der Waals surface area contributed by atoms with Crippen molar-refractivity contribution in [2.75, 3.05) is 20.2 Å². The van der Waals surface area contributed by atoms with Gasteiger partial charge >= 0.3 is 5.97 Å². The Kier molecular flexibility index (Phi) is 3.91. The highest BCUT2D eigenvalue weighted by molar-refractivity contribution is 7.89. The van der Waals surface area contributed by atoms with E-state index in [1.54, 1.807) is 7.05 Å². The van der Waals surface area contributed by atoms with E-state index in [0.717, 1.165) is 0 Å². The number of esters is 1. The second-order valence-electron chi connectivity index (χ2n) is 4.52. The van der Waals surface area contributed by atoms with Crippen LogP contribution in [0.25, 0.3) is 0 Å². The number of carbonyl (C=O) groups excluding carboxylic acids is 1. The number of ether oxygens (including phenoxy) is 1. The molecule has 1 saturated heterocycles. The zero-order valence-corrected chi connectivity index (χ0v) is 11.8. The first-order chi connectivity index (χ1) is 8.96. The van der Waals surface area contributed by atoms with Gasteiger partial charge in [-0.15, -0.1) is 0 Å². The highest BCUT2D eigenvalue weighted by Crippen LogP contribution is 2.23. The molecule has 0 radical (unpaired) electrons. The van der Waals surface area contributed by atoms with Crippen molar-refractivity contribution < 1.29 is 17.9 Å². The molecule has 7 nitrogen and oxygen atoms in total. The minimum Gasteiger partial charge on any atom is -0.469 e. The van der Waals surface area contributed by atoms with Gasteiger partial charge in [-0.05, 0) is 18.9 Å². The molecule has 0 aromatic carbocycles. The second kappa shape index (κ2) is 5.30.